The maximum atomic E-state index is 13.7. The highest BCUT2D eigenvalue weighted by molar-refractivity contribution is 5.83. The minimum atomic E-state index is -5.08. The van der Waals surface area contributed by atoms with Gasteiger partial charge in [0.05, 0.1) is 30.3 Å². The zero-order valence-corrected chi connectivity index (χ0v) is 26.3. The molecule has 1 amide bonds. The second kappa shape index (κ2) is 17.5. The molecule has 4 atom stereocenters. The Morgan fingerprint density at radius 1 is 0.980 bits per heavy atom. The molecule has 12 nitrogen and oxygen atoms in total. The molecule has 49 heavy (non-hydrogen) atoms. The van der Waals surface area contributed by atoms with Crippen LogP contribution in [0.1, 0.15) is 31.2 Å². The molecule has 1 aliphatic carbocycles. The monoisotopic (exact) mass is 728 g/mol. The summed E-state index contributed by atoms with van der Waals surface area (Å²) >= 11 is 0. The third-order valence-corrected chi connectivity index (χ3v) is 7.99. The van der Waals surface area contributed by atoms with Gasteiger partial charge in [0.25, 0.3) is 0 Å². The summed E-state index contributed by atoms with van der Waals surface area (Å²) < 4.78 is 119. The van der Waals surface area contributed by atoms with Crippen LogP contribution in [-0.2, 0) is 34.8 Å². The Balaban J connectivity index is 0.000000500. The number of ether oxygens (including phenoxy) is 3. The van der Waals surface area contributed by atoms with Crippen molar-refractivity contribution >= 4 is 23.7 Å². The summed E-state index contributed by atoms with van der Waals surface area (Å²) in [6.07, 6.45) is -10.3. The molecule has 1 unspecified atom stereocenters. The first-order valence-corrected chi connectivity index (χ1v) is 14.7. The number of halogens is 9. The molecular weight excluding hydrogens is 691 g/mol. The van der Waals surface area contributed by atoms with E-state index in [1.165, 1.54) is 6.20 Å². The van der Waals surface area contributed by atoms with E-state index in [1.54, 1.807) is 19.1 Å². The van der Waals surface area contributed by atoms with E-state index in [-0.39, 0.29) is 29.9 Å². The lowest BCUT2D eigenvalue weighted by molar-refractivity contribution is -0.193. The van der Waals surface area contributed by atoms with Gasteiger partial charge in [-0.3, -0.25) is 4.79 Å². The van der Waals surface area contributed by atoms with E-state index >= 15 is 0 Å². The summed E-state index contributed by atoms with van der Waals surface area (Å²) in [6.45, 7) is 3.34. The average Bonchev–Trinajstić information content (AvgIpc) is 3.44. The fraction of sp³-hybridized carbons (Fsp3) is 0.714. The van der Waals surface area contributed by atoms with Crippen LogP contribution < -0.4 is 10.2 Å². The zero-order chi connectivity index (χ0) is 37.2. The van der Waals surface area contributed by atoms with Crippen molar-refractivity contribution in [3.63, 3.8) is 0 Å². The number of amides is 1. The number of carbonyl (C=O) groups excluding carboxylic acids is 1. The van der Waals surface area contributed by atoms with Gasteiger partial charge in [-0.05, 0) is 37.8 Å². The van der Waals surface area contributed by atoms with Crippen LogP contribution in [0.2, 0.25) is 0 Å². The molecule has 21 heteroatoms. The van der Waals surface area contributed by atoms with Gasteiger partial charge in [-0.1, -0.05) is 0 Å². The lowest BCUT2D eigenvalue weighted by Crippen LogP contribution is -2.55. The number of carbonyl (C=O) groups is 3. The Morgan fingerprint density at radius 2 is 1.55 bits per heavy atom. The number of carboxylic acids is 2. The second-order valence-electron chi connectivity index (χ2n) is 11.3. The molecule has 1 saturated carbocycles. The van der Waals surface area contributed by atoms with Gasteiger partial charge >= 0.3 is 30.5 Å². The SMILES string of the molecule is COC[C@]1(C(=O)N2CCN(c3cc(C(F)(F)F)ccn3)CC2)CC[C@@H](N[C@@H]2CCOCC2OC)C1.O=C(O)C(F)(F)F.O=C(O)C(F)(F)F. The van der Waals surface area contributed by atoms with Crippen molar-refractivity contribution < 1.29 is 78.3 Å². The van der Waals surface area contributed by atoms with Crippen molar-refractivity contribution in [2.75, 3.05) is 65.1 Å². The fourth-order valence-corrected chi connectivity index (χ4v) is 5.61. The number of anilines is 1. The van der Waals surface area contributed by atoms with Crippen LogP contribution in [0.5, 0.6) is 0 Å². The van der Waals surface area contributed by atoms with Crippen LogP contribution in [0.25, 0.3) is 0 Å². The summed E-state index contributed by atoms with van der Waals surface area (Å²) in [5.74, 6) is -5.16. The number of nitrogens with one attached hydrogen (secondary N) is 1. The third kappa shape index (κ3) is 12.4. The molecule has 1 aromatic heterocycles. The molecule has 280 valence electrons. The summed E-state index contributed by atoms with van der Waals surface area (Å²) in [4.78, 5) is 39.2. The van der Waals surface area contributed by atoms with Crippen molar-refractivity contribution in [2.24, 2.45) is 5.41 Å². The van der Waals surface area contributed by atoms with Crippen molar-refractivity contribution in [2.45, 2.75) is 62.4 Å². The van der Waals surface area contributed by atoms with Crippen LogP contribution in [-0.4, -0.2) is 129 Å². The van der Waals surface area contributed by atoms with Crippen LogP contribution in [0.4, 0.5) is 45.3 Å². The molecule has 3 fully saturated rings. The lowest BCUT2D eigenvalue weighted by atomic mass is 9.84. The maximum Gasteiger partial charge on any atom is 0.490 e. The van der Waals surface area contributed by atoms with Gasteiger partial charge in [-0.25, -0.2) is 14.6 Å². The average molecular weight is 729 g/mol. The van der Waals surface area contributed by atoms with E-state index in [2.05, 4.69) is 10.3 Å². The predicted molar refractivity (Wildman–Crippen MR) is 151 cm³/mol. The molecule has 3 N–H and O–H groups in total. The highest BCUT2D eigenvalue weighted by atomic mass is 19.4. The third-order valence-electron chi connectivity index (χ3n) is 7.99. The first kappa shape index (κ1) is 41.7. The first-order chi connectivity index (χ1) is 22.6. The van der Waals surface area contributed by atoms with Crippen LogP contribution in [0, 0.1) is 5.41 Å². The number of alkyl halides is 9. The van der Waals surface area contributed by atoms with Gasteiger partial charge in [-0.2, -0.15) is 39.5 Å². The lowest BCUT2D eigenvalue weighted by Gasteiger charge is -2.40. The van der Waals surface area contributed by atoms with Crippen molar-refractivity contribution in [1.29, 1.82) is 0 Å². The molecule has 3 heterocycles. The fourth-order valence-electron chi connectivity index (χ4n) is 5.61. The largest absolute Gasteiger partial charge is 0.490 e. The highest BCUT2D eigenvalue weighted by Crippen LogP contribution is 2.41. The minimum Gasteiger partial charge on any atom is -0.475 e. The number of carboxylic acid groups (broad SMARTS) is 2. The van der Waals surface area contributed by atoms with Gasteiger partial charge in [0, 0.05) is 65.3 Å². The summed E-state index contributed by atoms with van der Waals surface area (Å²) in [5, 5.41) is 17.9. The Morgan fingerprint density at radius 3 is 2.04 bits per heavy atom. The highest BCUT2D eigenvalue weighted by Gasteiger charge is 2.48. The number of hydrogen-bond donors (Lipinski definition) is 3. The molecular formula is C28H37F9N4O8. The number of piperazine rings is 1. The number of rotatable bonds is 7. The van der Waals surface area contributed by atoms with Crippen molar-refractivity contribution in [3.8, 4) is 0 Å². The number of aromatic nitrogens is 1. The summed E-state index contributed by atoms with van der Waals surface area (Å²) in [6, 6.07) is 2.42. The van der Waals surface area contributed by atoms with E-state index in [4.69, 9.17) is 34.0 Å². The Hall–Kier alpha value is -3.43. The van der Waals surface area contributed by atoms with E-state index in [0.717, 1.165) is 31.4 Å². The van der Waals surface area contributed by atoms with Crippen molar-refractivity contribution in [3.05, 3.63) is 23.9 Å². The van der Waals surface area contributed by atoms with Crippen LogP contribution in [0.3, 0.4) is 0 Å². The van der Waals surface area contributed by atoms with Crippen molar-refractivity contribution in [1.82, 2.24) is 15.2 Å². The van der Waals surface area contributed by atoms with Gasteiger partial charge in [0.15, 0.2) is 0 Å². The molecule has 2 aliphatic heterocycles. The zero-order valence-electron chi connectivity index (χ0n) is 26.3. The minimum absolute atomic E-state index is 0.00517. The van der Waals surface area contributed by atoms with Gasteiger partial charge in [-0.15, -0.1) is 0 Å². The maximum absolute atomic E-state index is 13.7. The first-order valence-electron chi connectivity index (χ1n) is 14.7. The molecule has 3 aliphatic rings. The summed E-state index contributed by atoms with van der Waals surface area (Å²) in [5.41, 5.74) is -1.32. The summed E-state index contributed by atoms with van der Waals surface area (Å²) in [7, 11) is 3.31. The molecule has 0 aromatic carbocycles. The molecule has 2 saturated heterocycles. The Labute approximate surface area is 274 Å². The van der Waals surface area contributed by atoms with Crippen LogP contribution in [0.15, 0.2) is 18.3 Å². The molecule has 0 bridgehead atoms. The molecule has 0 radical (unpaired) electrons. The standard InChI is InChI=1S/C24H35F3N4O4.2C2HF3O2/c1-33-16-23(6-3-18(14-23)29-19-5-12-35-15-20(19)34-2)22(32)31-10-8-30(9-11-31)21-13-17(4-7-28-21)24(25,26)27;2*3-2(4,5)1(6)7/h4,7,13,18-20,29H,3,5-6,8-12,14-16H2,1-2H3;2*(H,6,7)/t18-,19-,20?,23+;;/m1../s1. The number of aliphatic carboxylic acids is 2. The number of methoxy groups -OCH3 is 2. The smallest absolute Gasteiger partial charge is 0.475 e. The second-order valence-corrected chi connectivity index (χ2v) is 11.3. The number of nitrogens with zero attached hydrogens (tertiary/aromatic N) is 3. The van der Waals surface area contributed by atoms with Crippen LogP contribution >= 0.6 is 0 Å². The number of pyridine rings is 1. The normalized spacial score (nSPS) is 24.7. The molecule has 0 spiro atoms. The quantitative estimate of drug-likeness (QED) is 0.354. The van der Waals surface area contributed by atoms with E-state index in [0.29, 0.717) is 52.4 Å². The predicted octanol–water partition coefficient (Wildman–Crippen LogP) is 3.59. The Bertz CT molecular complexity index is 1220. The molecule has 1 aromatic rings. The van der Waals surface area contributed by atoms with E-state index in [1.807, 2.05) is 4.90 Å². The molecule has 4 rings (SSSR count). The van der Waals surface area contributed by atoms with Gasteiger partial charge < -0.3 is 39.5 Å². The van der Waals surface area contributed by atoms with Gasteiger partial charge in [0.1, 0.15) is 5.82 Å². The Kier molecular flexibility index (Phi) is 14.9. The number of hydrogen-bond acceptors (Lipinski definition) is 9. The topological polar surface area (TPSA) is 151 Å². The van der Waals surface area contributed by atoms with E-state index in [9.17, 15) is 44.3 Å². The van der Waals surface area contributed by atoms with Gasteiger partial charge in [0.2, 0.25) is 5.91 Å². The van der Waals surface area contributed by atoms with E-state index < -0.39 is 41.4 Å².